The number of hydrogen-bond acceptors (Lipinski definition) is 12. The van der Waals surface area contributed by atoms with Crippen LogP contribution in [0.15, 0.2) is 64.2 Å². The average molecular weight is 750 g/mol. The van der Waals surface area contributed by atoms with E-state index in [1.54, 1.807) is 42.5 Å². The first kappa shape index (κ1) is 36.6. The minimum atomic E-state index is -0.796. The van der Waals surface area contributed by atoms with Crippen LogP contribution in [0.4, 0.5) is 11.5 Å². The standard InChI is InChI=1S/C38H40ClN11O4/c39-32-21-31(8-1-26(32)22-40)54-30-9-2-27(3-10-30)42-36(51)33-11-12-35(45-44-33)49-19-17-47(18-20-49)24-25-13-15-48(16-14-25)28-4-6-29(7-5-28)50-38(53)43-37(52)34(23-41)46-50/h1,4-8,11-12,21,25,27,30H,2-3,9-10,13-20,24H2,(H,42,51)(H,43,52,53). The number of benzene rings is 2. The molecule has 2 aliphatic heterocycles. The molecule has 3 fully saturated rings. The second-order valence-corrected chi connectivity index (χ2v) is 14.4. The van der Waals surface area contributed by atoms with E-state index >= 15 is 0 Å². The van der Waals surface area contributed by atoms with Crippen molar-refractivity contribution in [2.24, 2.45) is 5.92 Å². The zero-order valence-electron chi connectivity index (χ0n) is 29.7. The molecule has 278 valence electrons. The number of aromatic nitrogens is 5. The molecule has 0 unspecified atom stereocenters. The summed E-state index contributed by atoms with van der Waals surface area (Å²) in [5.41, 5.74) is 0.402. The minimum Gasteiger partial charge on any atom is -0.490 e. The molecule has 2 saturated heterocycles. The molecule has 0 spiro atoms. The van der Waals surface area contributed by atoms with Crippen LogP contribution in [-0.4, -0.2) is 93.7 Å². The zero-order chi connectivity index (χ0) is 37.6. The van der Waals surface area contributed by atoms with Gasteiger partial charge < -0.3 is 19.9 Å². The van der Waals surface area contributed by atoms with Gasteiger partial charge in [0.25, 0.3) is 11.5 Å². The maximum Gasteiger partial charge on any atom is 0.349 e. The van der Waals surface area contributed by atoms with E-state index in [-0.39, 0.29) is 23.7 Å². The number of nitriles is 2. The molecule has 16 heteroatoms. The number of hydrogen-bond donors (Lipinski definition) is 2. The lowest BCUT2D eigenvalue weighted by molar-refractivity contribution is 0.0888. The third-order valence-electron chi connectivity index (χ3n) is 10.5. The number of nitrogens with one attached hydrogen (secondary N) is 2. The summed E-state index contributed by atoms with van der Waals surface area (Å²) in [6.07, 6.45) is 5.35. The number of rotatable bonds is 9. The predicted octanol–water partition coefficient (Wildman–Crippen LogP) is 3.27. The van der Waals surface area contributed by atoms with Crippen LogP contribution in [0.5, 0.6) is 5.75 Å². The topological polar surface area (TPSA) is 189 Å². The van der Waals surface area contributed by atoms with E-state index in [9.17, 15) is 14.4 Å². The smallest absolute Gasteiger partial charge is 0.349 e. The quantitative estimate of drug-likeness (QED) is 0.255. The van der Waals surface area contributed by atoms with Gasteiger partial charge in [0.2, 0.25) is 5.69 Å². The zero-order valence-corrected chi connectivity index (χ0v) is 30.4. The molecule has 7 rings (SSSR count). The van der Waals surface area contributed by atoms with Crippen molar-refractivity contribution in [2.75, 3.05) is 55.6 Å². The summed E-state index contributed by atoms with van der Waals surface area (Å²) in [4.78, 5) is 46.1. The van der Waals surface area contributed by atoms with Crippen LogP contribution in [0.3, 0.4) is 0 Å². The van der Waals surface area contributed by atoms with Crippen LogP contribution in [0.25, 0.3) is 5.69 Å². The van der Waals surface area contributed by atoms with Crippen LogP contribution < -0.4 is 31.1 Å². The highest BCUT2D eigenvalue weighted by Crippen LogP contribution is 2.28. The largest absolute Gasteiger partial charge is 0.490 e. The Hall–Kier alpha value is -5.77. The number of amides is 1. The number of anilines is 2. The van der Waals surface area contributed by atoms with Gasteiger partial charge >= 0.3 is 5.69 Å². The Balaban J connectivity index is 0.814. The van der Waals surface area contributed by atoms with Crippen molar-refractivity contribution in [1.82, 2.24) is 35.2 Å². The van der Waals surface area contributed by atoms with E-state index < -0.39 is 11.2 Å². The van der Waals surface area contributed by atoms with Gasteiger partial charge in [-0.25, -0.2) is 4.79 Å². The number of ether oxygens (including phenoxy) is 1. The molecule has 15 nitrogen and oxygen atoms in total. The van der Waals surface area contributed by atoms with Crippen molar-refractivity contribution >= 4 is 29.0 Å². The van der Waals surface area contributed by atoms with E-state index in [0.29, 0.717) is 33.6 Å². The molecule has 4 aromatic rings. The van der Waals surface area contributed by atoms with Crippen molar-refractivity contribution in [2.45, 2.75) is 50.7 Å². The number of carbonyl (C=O) groups excluding carboxylic acids is 1. The highest BCUT2D eigenvalue weighted by molar-refractivity contribution is 6.31. The fraction of sp³-hybridized carbons (Fsp3) is 0.421. The number of piperidine rings is 1. The second-order valence-electron chi connectivity index (χ2n) is 14.0. The van der Waals surface area contributed by atoms with E-state index in [1.165, 1.54) is 0 Å². The molecular weight excluding hydrogens is 710 g/mol. The van der Waals surface area contributed by atoms with E-state index in [2.05, 4.69) is 46.4 Å². The van der Waals surface area contributed by atoms with E-state index in [4.69, 9.17) is 26.9 Å². The first-order valence-electron chi connectivity index (χ1n) is 18.2. The summed E-state index contributed by atoms with van der Waals surface area (Å²) < 4.78 is 7.10. The van der Waals surface area contributed by atoms with Gasteiger partial charge in [-0.3, -0.25) is 19.5 Å². The van der Waals surface area contributed by atoms with Gasteiger partial charge in [-0.1, -0.05) is 11.6 Å². The number of H-pyrrole nitrogens is 1. The van der Waals surface area contributed by atoms with Gasteiger partial charge in [0, 0.05) is 63.6 Å². The molecule has 0 bridgehead atoms. The van der Waals surface area contributed by atoms with Gasteiger partial charge in [0.1, 0.15) is 17.9 Å². The monoisotopic (exact) mass is 749 g/mol. The molecule has 54 heavy (non-hydrogen) atoms. The molecule has 0 radical (unpaired) electrons. The lowest BCUT2D eigenvalue weighted by Crippen LogP contribution is -2.49. The fourth-order valence-electron chi connectivity index (χ4n) is 7.40. The van der Waals surface area contributed by atoms with Gasteiger partial charge in [-0.05, 0) is 93.0 Å². The summed E-state index contributed by atoms with van der Waals surface area (Å²) in [6, 6.07) is 19.9. The molecule has 1 amide bonds. The molecule has 2 aromatic heterocycles. The number of aromatic amines is 1. The van der Waals surface area contributed by atoms with Gasteiger partial charge in [0.15, 0.2) is 11.5 Å². The highest BCUT2D eigenvalue weighted by Gasteiger charge is 2.27. The third kappa shape index (κ3) is 8.54. The van der Waals surface area contributed by atoms with Crippen molar-refractivity contribution in [3.63, 3.8) is 0 Å². The molecular formula is C38H40ClN11O4. The van der Waals surface area contributed by atoms with Crippen LogP contribution in [0, 0.1) is 28.6 Å². The van der Waals surface area contributed by atoms with Crippen molar-refractivity contribution in [1.29, 1.82) is 10.5 Å². The van der Waals surface area contributed by atoms with Crippen LogP contribution in [0.1, 0.15) is 60.3 Å². The van der Waals surface area contributed by atoms with Crippen molar-refractivity contribution in [3.8, 4) is 23.6 Å². The summed E-state index contributed by atoms with van der Waals surface area (Å²) >= 11 is 6.14. The minimum absolute atomic E-state index is 0.0254. The molecule has 4 heterocycles. The number of nitrogens with zero attached hydrogens (tertiary/aromatic N) is 9. The third-order valence-corrected chi connectivity index (χ3v) is 10.8. The van der Waals surface area contributed by atoms with Crippen molar-refractivity contribution in [3.05, 3.63) is 97.4 Å². The second kappa shape index (κ2) is 16.5. The number of carbonyl (C=O) groups is 1. The molecule has 2 aromatic carbocycles. The Labute approximate surface area is 316 Å². The summed E-state index contributed by atoms with van der Waals surface area (Å²) in [6.45, 7) is 6.46. The van der Waals surface area contributed by atoms with Crippen LogP contribution in [-0.2, 0) is 0 Å². The molecule has 0 atom stereocenters. The first-order chi connectivity index (χ1) is 26.3. The normalized spacial score (nSPS) is 19.5. The molecule has 2 N–H and O–H groups in total. The average Bonchev–Trinajstić information content (AvgIpc) is 3.20. The summed E-state index contributed by atoms with van der Waals surface area (Å²) in [5.74, 6) is 1.80. The molecule has 3 aliphatic rings. The predicted molar refractivity (Wildman–Crippen MR) is 201 cm³/mol. The lowest BCUT2D eigenvalue weighted by Gasteiger charge is -2.39. The fourth-order valence-corrected chi connectivity index (χ4v) is 7.62. The Morgan fingerprint density at radius 2 is 1.57 bits per heavy atom. The van der Waals surface area contributed by atoms with E-state index in [0.717, 1.165) is 101 Å². The molecule has 1 aliphatic carbocycles. The Bertz CT molecular complexity index is 2150. The van der Waals surface area contributed by atoms with Crippen molar-refractivity contribution < 1.29 is 9.53 Å². The number of piperazine rings is 1. The SMILES string of the molecule is N#Cc1ccc(OC2CCC(NC(=O)c3ccc(N4CCN(CC5CCN(c6ccc(-n7nc(C#N)c(=O)[nH]c7=O)cc6)CC5)CC4)nn3)CC2)cc1Cl. The number of halogens is 1. The Morgan fingerprint density at radius 3 is 2.22 bits per heavy atom. The Morgan fingerprint density at radius 1 is 0.852 bits per heavy atom. The van der Waals surface area contributed by atoms with Gasteiger partial charge in [-0.15, -0.1) is 15.3 Å². The maximum atomic E-state index is 13.0. The first-order valence-corrected chi connectivity index (χ1v) is 18.6. The molecule has 1 saturated carbocycles. The van der Waals surface area contributed by atoms with Gasteiger partial charge in [-0.2, -0.15) is 15.2 Å². The van der Waals surface area contributed by atoms with Crippen LogP contribution >= 0.6 is 11.6 Å². The summed E-state index contributed by atoms with van der Waals surface area (Å²) in [5, 5.41) is 34.2. The van der Waals surface area contributed by atoms with Gasteiger partial charge in [0.05, 0.1) is 22.4 Å². The van der Waals surface area contributed by atoms with Crippen LogP contribution in [0.2, 0.25) is 5.02 Å². The lowest BCUT2D eigenvalue weighted by atomic mass is 9.93. The summed E-state index contributed by atoms with van der Waals surface area (Å²) in [7, 11) is 0. The van der Waals surface area contributed by atoms with E-state index in [1.807, 2.05) is 18.2 Å². The highest BCUT2D eigenvalue weighted by atomic mass is 35.5. The Kier molecular flexibility index (Phi) is 11.2. The maximum absolute atomic E-state index is 13.0.